The van der Waals surface area contributed by atoms with Gasteiger partial charge in [0.1, 0.15) is 13.2 Å². The van der Waals surface area contributed by atoms with Crippen LogP contribution < -0.4 is 0 Å². The van der Waals surface area contributed by atoms with Gasteiger partial charge in [-0.25, -0.2) is 0 Å². The zero-order valence-electron chi connectivity index (χ0n) is 45.9. The van der Waals surface area contributed by atoms with E-state index in [1.54, 1.807) is 0 Å². The molecule has 0 spiro atoms. The van der Waals surface area contributed by atoms with Crippen molar-refractivity contribution < 1.29 is 28.6 Å². The van der Waals surface area contributed by atoms with Crippen LogP contribution in [-0.4, -0.2) is 37.2 Å². The van der Waals surface area contributed by atoms with E-state index in [9.17, 15) is 14.4 Å². The zero-order chi connectivity index (χ0) is 52.2. The van der Waals surface area contributed by atoms with Crippen molar-refractivity contribution in [2.45, 2.75) is 226 Å². The minimum Gasteiger partial charge on any atom is -0.462 e. The molecule has 0 aromatic heterocycles. The highest BCUT2D eigenvalue weighted by Gasteiger charge is 2.19. The van der Waals surface area contributed by atoms with E-state index in [2.05, 4.69) is 118 Å². The molecule has 1 unspecified atom stereocenters. The maximum atomic E-state index is 12.9. The lowest BCUT2D eigenvalue weighted by Gasteiger charge is -2.18. The van der Waals surface area contributed by atoms with Gasteiger partial charge in [-0.3, -0.25) is 14.4 Å². The minimum atomic E-state index is -0.828. The Morgan fingerprint density at radius 2 is 0.611 bits per heavy atom. The fraction of sp³-hybridized carbons (Fsp3) is 0.561. The highest BCUT2D eigenvalue weighted by atomic mass is 16.6. The summed E-state index contributed by atoms with van der Waals surface area (Å²) in [4.78, 5) is 38.2. The van der Waals surface area contributed by atoms with Gasteiger partial charge in [-0.1, -0.05) is 249 Å². The molecule has 1 atom stereocenters. The average Bonchev–Trinajstić information content (AvgIpc) is 3.38. The maximum absolute atomic E-state index is 12.9. The molecule has 6 nitrogen and oxygen atoms in total. The van der Waals surface area contributed by atoms with Crippen molar-refractivity contribution in [1.29, 1.82) is 0 Å². The van der Waals surface area contributed by atoms with E-state index in [1.165, 1.54) is 44.9 Å². The van der Waals surface area contributed by atoms with Gasteiger partial charge < -0.3 is 14.2 Å². The van der Waals surface area contributed by atoms with Crippen molar-refractivity contribution in [2.24, 2.45) is 0 Å². The van der Waals surface area contributed by atoms with Crippen LogP contribution in [0.3, 0.4) is 0 Å². The van der Waals surface area contributed by atoms with Crippen LogP contribution in [0.25, 0.3) is 0 Å². The molecule has 0 saturated heterocycles. The number of carbonyl (C=O) groups excluding carboxylic acids is 3. The highest BCUT2D eigenvalue weighted by molar-refractivity contribution is 5.71. The smallest absolute Gasteiger partial charge is 0.306 e. The third kappa shape index (κ3) is 56.0. The van der Waals surface area contributed by atoms with Crippen molar-refractivity contribution in [3.8, 4) is 0 Å². The molecule has 0 rings (SSSR count). The molecule has 402 valence electrons. The lowest BCUT2D eigenvalue weighted by Crippen LogP contribution is -2.30. The van der Waals surface area contributed by atoms with Gasteiger partial charge in [-0.2, -0.15) is 0 Å². The SMILES string of the molecule is CC\C=C/C=C\C=C/C=C\C=C\C=C/CCCCCC(=O)OCC(COC(=O)CCCCC/C=C\C/C=C\C/C=C\C/C=C\C/C=C\CC)OC(=O)CCCCCCC/C=C\C=C/CCCCCCCCC. The van der Waals surface area contributed by atoms with E-state index >= 15 is 0 Å². The van der Waals surface area contributed by atoms with Crippen LogP contribution in [0.5, 0.6) is 0 Å². The minimum absolute atomic E-state index is 0.124. The molecule has 0 N–H and O–H groups in total. The molecule has 6 heteroatoms. The van der Waals surface area contributed by atoms with Crippen molar-refractivity contribution >= 4 is 17.9 Å². The Kier molecular flexibility index (Phi) is 54.6. The Morgan fingerprint density at radius 1 is 0.306 bits per heavy atom. The molecule has 72 heavy (non-hydrogen) atoms. The summed E-state index contributed by atoms with van der Waals surface area (Å²) in [6.45, 7) is 6.28. The van der Waals surface area contributed by atoms with Crippen LogP contribution in [0.15, 0.2) is 158 Å². The number of hydrogen-bond donors (Lipinski definition) is 0. The zero-order valence-corrected chi connectivity index (χ0v) is 45.9. The molecule has 0 radical (unpaired) electrons. The molecular formula is C66H102O6. The monoisotopic (exact) mass is 991 g/mol. The van der Waals surface area contributed by atoms with E-state index < -0.39 is 6.10 Å². The van der Waals surface area contributed by atoms with E-state index in [4.69, 9.17) is 14.2 Å². The Labute approximate surface area is 441 Å². The number of rotatable bonds is 49. The van der Waals surface area contributed by atoms with E-state index in [1.807, 2.05) is 60.8 Å². The number of hydrogen-bond acceptors (Lipinski definition) is 6. The van der Waals surface area contributed by atoms with Crippen LogP contribution in [0, 0.1) is 0 Å². The molecule has 0 aliphatic carbocycles. The van der Waals surface area contributed by atoms with Gasteiger partial charge in [0.05, 0.1) is 0 Å². The standard InChI is InChI=1S/C66H102O6/c1-4-7-10-13-16-19-22-25-28-31-33-36-38-41-44-47-50-53-56-59-65(68)71-62-63(61-70-64(67)58-55-52-49-46-43-40-37-34-30-27-24-21-18-15-12-9-6-3)72-66(69)60-57-54-51-48-45-42-39-35-32-29-26-23-20-17-14-11-8-5-2/h7,9-10,12,15-16,18-19,21,24-25,27-30,32-37,39-41,43-44,63H,4-6,8,11,13-14,17,20,22-23,26,31,38,42,45-62H2,1-3H3/b10-7-,12-9-,18-15-,19-16-,24-21-,28-25-,30-27-,32-29-,36-33-,37-34+,39-35-,43-40-,44-41-. The van der Waals surface area contributed by atoms with Crippen molar-refractivity contribution in [2.75, 3.05) is 13.2 Å². The fourth-order valence-corrected chi connectivity index (χ4v) is 7.20. The highest BCUT2D eigenvalue weighted by Crippen LogP contribution is 2.13. The van der Waals surface area contributed by atoms with Crippen LogP contribution in [-0.2, 0) is 28.6 Å². The van der Waals surface area contributed by atoms with Crippen LogP contribution >= 0.6 is 0 Å². The van der Waals surface area contributed by atoms with E-state index in [-0.39, 0.29) is 44.0 Å². The second kappa shape index (κ2) is 58.6. The first-order chi connectivity index (χ1) is 35.5. The number of carbonyl (C=O) groups is 3. The Hall–Kier alpha value is -4.97. The van der Waals surface area contributed by atoms with E-state index in [0.717, 1.165) is 128 Å². The lowest BCUT2D eigenvalue weighted by molar-refractivity contribution is -0.167. The van der Waals surface area contributed by atoms with Gasteiger partial charge in [-0.15, -0.1) is 0 Å². The first-order valence-corrected chi connectivity index (χ1v) is 28.6. The van der Waals surface area contributed by atoms with Crippen LogP contribution in [0.2, 0.25) is 0 Å². The molecule has 0 amide bonds. The summed E-state index contributed by atoms with van der Waals surface area (Å²) in [5.41, 5.74) is 0. The van der Waals surface area contributed by atoms with Gasteiger partial charge in [0.15, 0.2) is 6.10 Å². The lowest BCUT2D eigenvalue weighted by atomic mass is 10.1. The number of esters is 3. The molecule has 0 aliphatic heterocycles. The Morgan fingerprint density at radius 3 is 1.04 bits per heavy atom. The molecule has 0 aromatic carbocycles. The summed E-state index contributed by atoms with van der Waals surface area (Å²) in [6.07, 6.45) is 85.1. The Balaban J connectivity index is 4.60. The summed E-state index contributed by atoms with van der Waals surface area (Å²) in [5, 5.41) is 0. The number of allylic oxidation sites excluding steroid dienone is 26. The topological polar surface area (TPSA) is 78.9 Å². The molecule has 0 aliphatic rings. The second-order valence-corrected chi connectivity index (χ2v) is 18.3. The van der Waals surface area contributed by atoms with Crippen LogP contribution in [0.4, 0.5) is 0 Å². The van der Waals surface area contributed by atoms with Crippen LogP contribution in [0.1, 0.15) is 220 Å². The van der Waals surface area contributed by atoms with Gasteiger partial charge in [0.2, 0.25) is 0 Å². The second-order valence-electron chi connectivity index (χ2n) is 18.3. The van der Waals surface area contributed by atoms with Gasteiger partial charge in [0.25, 0.3) is 0 Å². The third-order valence-electron chi connectivity index (χ3n) is 11.4. The normalized spacial score (nSPS) is 13.3. The average molecular weight is 992 g/mol. The Bertz CT molecular complexity index is 1660. The maximum Gasteiger partial charge on any atom is 0.306 e. The summed E-state index contributed by atoms with van der Waals surface area (Å²) < 4.78 is 16.8. The summed E-state index contributed by atoms with van der Waals surface area (Å²) in [5.74, 6) is -1.02. The molecular weight excluding hydrogens is 889 g/mol. The van der Waals surface area contributed by atoms with Crippen molar-refractivity contribution in [1.82, 2.24) is 0 Å². The van der Waals surface area contributed by atoms with E-state index in [0.29, 0.717) is 12.8 Å². The first-order valence-electron chi connectivity index (χ1n) is 28.6. The predicted octanol–water partition coefficient (Wildman–Crippen LogP) is 19.4. The summed E-state index contributed by atoms with van der Waals surface area (Å²) >= 11 is 0. The quantitative estimate of drug-likeness (QED) is 0.0199. The predicted molar refractivity (Wildman–Crippen MR) is 311 cm³/mol. The fourth-order valence-electron chi connectivity index (χ4n) is 7.20. The molecule has 0 aromatic rings. The summed E-state index contributed by atoms with van der Waals surface area (Å²) in [6, 6.07) is 0. The summed E-state index contributed by atoms with van der Waals surface area (Å²) in [7, 11) is 0. The van der Waals surface area contributed by atoms with Gasteiger partial charge >= 0.3 is 17.9 Å². The van der Waals surface area contributed by atoms with Crippen molar-refractivity contribution in [3.05, 3.63) is 158 Å². The van der Waals surface area contributed by atoms with Gasteiger partial charge in [0, 0.05) is 19.3 Å². The molecule has 0 fully saturated rings. The molecule has 0 bridgehead atoms. The number of unbranched alkanes of at least 4 members (excludes halogenated alkanes) is 18. The number of ether oxygens (including phenoxy) is 3. The largest absolute Gasteiger partial charge is 0.462 e. The van der Waals surface area contributed by atoms with Crippen molar-refractivity contribution in [3.63, 3.8) is 0 Å². The third-order valence-corrected chi connectivity index (χ3v) is 11.4. The molecule has 0 saturated carbocycles. The molecule has 0 heterocycles. The first kappa shape index (κ1) is 67.0. The van der Waals surface area contributed by atoms with Gasteiger partial charge in [-0.05, 0) is 109 Å².